The lowest BCUT2D eigenvalue weighted by Crippen LogP contribution is -2.35. The van der Waals surface area contributed by atoms with Gasteiger partial charge in [-0.1, -0.05) is 18.2 Å². The lowest BCUT2D eigenvalue weighted by atomic mass is 10.1. The van der Waals surface area contributed by atoms with E-state index in [0.29, 0.717) is 0 Å². The molecule has 0 saturated heterocycles. The van der Waals surface area contributed by atoms with E-state index in [1.165, 1.54) is 10.9 Å². The number of hydrogen-bond donors (Lipinski definition) is 1. The molecule has 0 atom stereocenters. The zero-order valence-corrected chi connectivity index (χ0v) is 8.58. The second-order valence-corrected chi connectivity index (χ2v) is 3.90. The van der Waals surface area contributed by atoms with Gasteiger partial charge in [0.1, 0.15) is 5.69 Å². The summed E-state index contributed by atoms with van der Waals surface area (Å²) in [5.41, 5.74) is 3.07. The molecular formula is C12H12N2O. The maximum atomic E-state index is 11.7. The van der Waals surface area contributed by atoms with Crippen LogP contribution < -0.4 is 5.32 Å². The zero-order chi connectivity index (χ0) is 10.4. The molecule has 1 aliphatic rings. The van der Waals surface area contributed by atoms with E-state index >= 15 is 0 Å². The summed E-state index contributed by atoms with van der Waals surface area (Å²) in [7, 11) is 0. The molecule has 0 spiro atoms. The molecule has 0 bridgehead atoms. The normalized spacial score (nSPS) is 15.1. The fourth-order valence-electron chi connectivity index (χ4n) is 2.37. The first-order valence-electron chi connectivity index (χ1n) is 5.15. The predicted molar refractivity (Wildman–Crippen MR) is 59.0 cm³/mol. The van der Waals surface area contributed by atoms with E-state index in [1.807, 2.05) is 19.1 Å². The minimum atomic E-state index is 0.0509. The van der Waals surface area contributed by atoms with E-state index in [0.717, 1.165) is 24.3 Å². The molecule has 0 fully saturated rings. The van der Waals surface area contributed by atoms with Crippen LogP contribution >= 0.6 is 0 Å². The highest BCUT2D eigenvalue weighted by atomic mass is 16.2. The molecule has 3 heteroatoms. The molecule has 15 heavy (non-hydrogen) atoms. The largest absolute Gasteiger partial charge is 0.349 e. The maximum Gasteiger partial charge on any atom is 0.268 e. The molecule has 0 aliphatic carbocycles. The summed E-state index contributed by atoms with van der Waals surface area (Å²) in [5.74, 6) is 0.0509. The first kappa shape index (κ1) is 8.53. The number of aromatic nitrogens is 1. The van der Waals surface area contributed by atoms with Crippen LogP contribution in [-0.4, -0.2) is 17.0 Å². The lowest BCUT2D eigenvalue weighted by Gasteiger charge is -2.17. The molecule has 1 amide bonds. The van der Waals surface area contributed by atoms with Crippen LogP contribution in [0.4, 0.5) is 0 Å². The summed E-state index contributed by atoms with van der Waals surface area (Å²) in [5, 5.41) is 4.06. The number of carbonyl (C=O) groups excluding carboxylic acids is 1. The summed E-state index contributed by atoms with van der Waals surface area (Å²) in [6, 6.07) is 8.18. The molecule has 0 saturated carbocycles. The van der Waals surface area contributed by atoms with Gasteiger partial charge in [0.25, 0.3) is 5.91 Å². The van der Waals surface area contributed by atoms with Crippen molar-refractivity contribution in [1.82, 2.24) is 9.88 Å². The molecule has 2 aromatic rings. The second kappa shape index (κ2) is 2.86. The Hall–Kier alpha value is -1.77. The molecule has 2 heterocycles. The number of benzene rings is 1. The summed E-state index contributed by atoms with van der Waals surface area (Å²) in [4.78, 5) is 11.7. The van der Waals surface area contributed by atoms with Crippen molar-refractivity contribution in [3.63, 3.8) is 0 Å². The average molecular weight is 200 g/mol. The van der Waals surface area contributed by atoms with Gasteiger partial charge in [-0.3, -0.25) is 4.79 Å². The molecule has 0 unspecified atom stereocenters. The third-order valence-electron chi connectivity index (χ3n) is 3.06. The lowest BCUT2D eigenvalue weighted by molar-refractivity contribution is 0.0928. The monoisotopic (exact) mass is 200 g/mol. The van der Waals surface area contributed by atoms with Crippen molar-refractivity contribution >= 4 is 16.8 Å². The van der Waals surface area contributed by atoms with Gasteiger partial charge in [0.2, 0.25) is 0 Å². The van der Waals surface area contributed by atoms with E-state index in [4.69, 9.17) is 0 Å². The van der Waals surface area contributed by atoms with E-state index in [2.05, 4.69) is 22.0 Å². The Kier molecular flexibility index (Phi) is 1.63. The number of para-hydroxylation sites is 1. The number of fused-ring (bicyclic) bond motifs is 3. The Morgan fingerprint density at radius 1 is 1.33 bits per heavy atom. The van der Waals surface area contributed by atoms with E-state index in [9.17, 15) is 4.79 Å². The average Bonchev–Trinajstić information content (AvgIpc) is 2.55. The number of amides is 1. The molecule has 1 N–H and O–H groups in total. The maximum absolute atomic E-state index is 11.7. The Balaban J connectivity index is 2.45. The molecule has 1 aliphatic heterocycles. The van der Waals surface area contributed by atoms with Gasteiger partial charge in [0.05, 0.1) is 0 Å². The van der Waals surface area contributed by atoms with Crippen molar-refractivity contribution in [1.29, 1.82) is 0 Å². The fraction of sp³-hybridized carbons (Fsp3) is 0.250. The summed E-state index contributed by atoms with van der Waals surface area (Å²) in [6.07, 6.45) is 0. The molecule has 76 valence electrons. The van der Waals surface area contributed by atoms with Crippen LogP contribution in [0.3, 0.4) is 0 Å². The fourth-order valence-corrected chi connectivity index (χ4v) is 2.37. The van der Waals surface area contributed by atoms with E-state index < -0.39 is 0 Å². The smallest absolute Gasteiger partial charge is 0.268 e. The van der Waals surface area contributed by atoms with Crippen LogP contribution in [-0.2, 0) is 6.54 Å². The number of nitrogens with zero attached hydrogens (tertiary/aromatic N) is 1. The third kappa shape index (κ3) is 1.03. The van der Waals surface area contributed by atoms with E-state index in [-0.39, 0.29) is 5.91 Å². The Bertz CT molecular complexity index is 554. The van der Waals surface area contributed by atoms with Gasteiger partial charge in [0, 0.05) is 24.0 Å². The number of aryl methyl sites for hydroxylation is 1. The number of hydrogen-bond acceptors (Lipinski definition) is 1. The van der Waals surface area contributed by atoms with Crippen molar-refractivity contribution in [2.75, 3.05) is 6.54 Å². The van der Waals surface area contributed by atoms with Gasteiger partial charge < -0.3 is 9.88 Å². The number of rotatable bonds is 0. The molecule has 3 rings (SSSR count). The second-order valence-electron chi connectivity index (χ2n) is 3.90. The van der Waals surface area contributed by atoms with Crippen LogP contribution in [0, 0.1) is 6.92 Å². The summed E-state index contributed by atoms with van der Waals surface area (Å²) in [6.45, 7) is 3.61. The highest BCUT2D eigenvalue weighted by molar-refractivity contribution is 6.02. The summed E-state index contributed by atoms with van der Waals surface area (Å²) < 4.78 is 2.11. The van der Waals surface area contributed by atoms with Gasteiger partial charge >= 0.3 is 0 Å². The number of carbonyl (C=O) groups is 1. The van der Waals surface area contributed by atoms with Crippen LogP contribution in [0.1, 0.15) is 16.1 Å². The van der Waals surface area contributed by atoms with Crippen molar-refractivity contribution in [2.24, 2.45) is 0 Å². The predicted octanol–water partition coefficient (Wildman–Crippen LogP) is 1.69. The quantitative estimate of drug-likeness (QED) is 0.690. The van der Waals surface area contributed by atoms with Crippen LogP contribution in [0.25, 0.3) is 10.9 Å². The van der Waals surface area contributed by atoms with E-state index in [1.54, 1.807) is 0 Å². The molecule has 1 aromatic carbocycles. The Morgan fingerprint density at radius 2 is 2.13 bits per heavy atom. The van der Waals surface area contributed by atoms with Gasteiger partial charge in [0.15, 0.2) is 0 Å². The summed E-state index contributed by atoms with van der Waals surface area (Å²) >= 11 is 0. The van der Waals surface area contributed by atoms with Crippen LogP contribution in [0.15, 0.2) is 24.3 Å². The Labute approximate surface area is 87.7 Å². The third-order valence-corrected chi connectivity index (χ3v) is 3.06. The van der Waals surface area contributed by atoms with Gasteiger partial charge in [-0.15, -0.1) is 0 Å². The minimum absolute atomic E-state index is 0.0509. The van der Waals surface area contributed by atoms with Crippen LogP contribution in [0.2, 0.25) is 0 Å². The number of nitrogens with one attached hydrogen (secondary N) is 1. The van der Waals surface area contributed by atoms with Gasteiger partial charge in [-0.05, 0) is 18.6 Å². The van der Waals surface area contributed by atoms with Gasteiger partial charge in [-0.2, -0.15) is 0 Å². The minimum Gasteiger partial charge on any atom is -0.349 e. The standard InChI is InChI=1S/C12H12N2O/c1-8-9-4-2-3-5-10(9)14-7-6-13-12(15)11(8)14/h2-5H,6-7H2,1H3,(H,13,15). The SMILES string of the molecule is Cc1c2n(c3ccccc13)CCNC2=O. The molecule has 3 nitrogen and oxygen atoms in total. The molecule has 1 aromatic heterocycles. The molecular weight excluding hydrogens is 188 g/mol. The molecule has 0 radical (unpaired) electrons. The van der Waals surface area contributed by atoms with Crippen molar-refractivity contribution < 1.29 is 4.79 Å². The highest BCUT2D eigenvalue weighted by Crippen LogP contribution is 2.26. The zero-order valence-electron chi connectivity index (χ0n) is 8.58. The Morgan fingerprint density at radius 3 is 3.00 bits per heavy atom. The van der Waals surface area contributed by atoms with Crippen molar-refractivity contribution in [3.8, 4) is 0 Å². The highest BCUT2D eigenvalue weighted by Gasteiger charge is 2.22. The van der Waals surface area contributed by atoms with Crippen molar-refractivity contribution in [3.05, 3.63) is 35.5 Å². The van der Waals surface area contributed by atoms with Crippen LogP contribution in [0.5, 0.6) is 0 Å². The first-order chi connectivity index (χ1) is 7.29. The van der Waals surface area contributed by atoms with Crippen molar-refractivity contribution in [2.45, 2.75) is 13.5 Å². The first-order valence-corrected chi connectivity index (χ1v) is 5.15. The van der Waals surface area contributed by atoms with Gasteiger partial charge in [-0.25, -0.2) is 0 Å². The topological polar surface area (TPSA) is 34.0 Å².